The average Bonchev–Trinajstić information content (AvgIpc) is 3.14. The molecule has 156 valence electrons. The molecule has 1 aliphatic carbocycles. The van der Waals surface area contributed by atoms with Crippen molar-refractivity contribution < 1.29 is 4.21 Å². The van der Waals surface area contributed by atoms with Crippen molar-refractivity contribution in [1.29, 1.82) is 0 Å². The normalized spacial score (nSPS) is 18.9. The third-order valence-corrected chi connectivity index (χ3v) is 6.79. The number of hydrogen-bond donors (Lipinski definition) is 2. The summed E-state index contributed by atoms with van der Waals surface area (Å²) in [4.78, 5) is 13.5. The Morgan fingerprint density at radius 1 is 1.17 bits per heavy atom. The number of hydrazone groups is 1. The van der Waals surface area contributed by atoms with Gasteiger partial charge < -0.3 is 5.32 Å². The Labute approximate surface area is 177 Å². The van der Waals surface area contributed by atoms with E-state index in [4.69, 9.17) is 15.2 Å². The molecule has 5 rings (SSSR count). The van der Waals surface area contributed by atoms with Crippen molar-refractivity contribution in [2.75, 3.05) is 17.4 Å². The lowest BCUT2D eigenvalue weighted by atomic mass is 9.78. The first-order valence-electron chi connectivity index (χ1n) is 10.1. The molecule has 1 atom stereocenters. The molecule has 2 aliphatic rings. The first kappa shape index (κ1) is 19.1. The Morgan fingerprint density at radius 2 is 1.97 bits per heavy atom. The van der Waals surface area contributed by atoms with Gasteiger partial charge in [0.1, 0.15) is 27.5 Å². The van der Waals surface area contributed by atoms with Gasteiger partial charge in [0.05, 0.1) is 23.1 Å². The van der Waals surface area contributed by atoms with E-state index < -0.39 is 11.0 Å². The second kappa shape index (κ2) is 7.13. The average molecular weight is 425 g/mol. The predicted octanol–water partition coefficient (Wildman–Crippen LogP) is 3.04. The maximum atomic E-state index is 11.3. The van der Waals surface area contributed by atoms with E-state index in [1.807, 2.05) is 18.3 Å². The fourth-order valence-electron chi connectivity index (χ4n) is 4.65. The topological polar surface area (TPSA) is 114 Å². The number of nitrogens with zero attached hydrogens (tertiary/aromatic N) is 6. The third-order valence-electron chi connectivity index (χ3n) is 6.13. The molecular weight excluding hydrogens is 400 g/mol. The minimum absolute atomic E-state index is 0.123. The van der Waals surface area contributed by atoms with Gasteiger partial charge in [0.2, 0.25) is 5.95 Å². The summed E-state index contributed by atoms with van der Waals surface area (Å²) in [6.45, 7) is 2.13. The molecule has 4 heterocycles. The van der Waals surface area contributed by atoms with E-state index >= 15 is 0 Å². The number of rotatable bonds is 3. The summed E-state index contributed by atoms with van der Waals surface area (Å²) >= 11 is 0. The van der Waals surface area contributed by atoms with Crippen LogP contribution >= 0.6 is 0 Å². The van der Waals surface area contributed by atoms with E-state index in [9.17, 15) is 4.21 Å². The molecule has 0 radical (unpaired) electrons. The molecule has 1 spiro atoms. The molecule has 1 fully saturated rings. The summed E-state index contributed by atoms with van der Waals surface area (Å²) in [7, 11) is 0.376. The molecule has 3 aromatic heterocycles. The quantitative estimate of drug-likeness (QED) is 0.668. The molecule has 9 nitrogen and oxygen atoms in total. The number of nitrogens with two attached hydrogens (primary N) is 1. The zero-order chi connectivity index (χ0) is 20.9. The van der Waals surface area contributed by atoms with Gasteiger partial charge in [0.25, 0.3) is 0 Å². The number of hydrogen-bond acceptors (Lipinski definition) is 7. The van der Waals surface area contributed by atoms with E-state index in [1.165, 1.54) is 19.3 Å². The second-order valence-corrected chi connectivity index (χ2v) is 8.93. The number of pyridine rings is 1. The highest BCUT2D eigenvalue weighted by atomic mass is 32.2. The lowest BCUT2D eigenvalue weighted by molar-refractivity contribution is 0.282. The SMILES string of the molecule is CC1=NN(C)c2cc3cnc(Nc4ccc(S(N)=O)nc4)nc3n2C12CCCCC2. The molecule has 1 unspecified atom stereocenters. The Kier molecular flexibility index (Phi) is 4.55. The maximum absolute atomic E-state index is 11.3. The predicted molar refractivity (Wildman–Crippen MR) is 118 cm³/mol. The molecule has 30 heavy (non-hydrogen) atoms. The van der Waals surface area contributed by atoms with Crippen LogP contribution < -0.4 is 15.5 Å². The zero-order valence-electron chi connectivity index (χ0n) is 17.0. The van der Waals surface area contributed by atoms with Crippen molar-refractivity contribution in [2.24, 2.45) is 10.2 Å². The van der Waals surface area contributed by atoms with E-state index in [0.29, 0.717) is 16.7 Å². The van der Waals surface area contributed by atoms with Gasteiger partial charge in [-0.2, -0.15) is 10.1 Å². The van der Waals surface area contributed by atoms with Crippen LogP contribution in [0.2, 0.25) is 0 Å². The molecule has 0 amide bonds. The number of nitrogens with one attached hydrogen (secondary N) is 1. The lowest BCUT2D eigenvalue weighted by Gasteiger charge is -2.44. The van der Waals surface area contributed by atoms with Gasteiger partial charge in [0.15, 0.2) is 0 Å². The Hall–Kier alpha value is -2.85. The van der Waals surface area contributed by atoms with E-state index in [2.05, 4.69) is 32.8 Å². The van der Waals surface area contributed by atoms with Gasteiger partial charge in [-0.25, -0.2) is 19.3 Å². The third kappa shape index (κ3) is 2.98. The van der Waals surface area contributed by atoms with Crippen LogP contribution in [0.4, 0.5) is 17.5 Å². The van der Waals surface area contributed by atoms with Crippen LogP contribution in [0.15, 0.2) is 40.7 Å². The van der Waals surface area contributed by atoms with Gasteiger partial charge in [0, 0.05) is 18.6 Å². The molecule has 0 saturated heterocycles. The van der Waals surface area contributed by atoms with Gasteiger partial charge in [-0.15, -0.1) is 0 Å². The molecular formula is C20H24N8OS. The molecule has 0 bridgehead atoms. The highest BCUT2D eigenvalue weighted by Crippen LogP contribution is 2.44. The van der Waals surface area contributed by atoms with Crippen molar-refractivity contribution in [2.45, 2.75) is 49.6 Å². The van der Waals surface area contributed by atoms with Gasteiger partial charge >= 0.3 is 0 Å². The molecule has 3 N–H and O–H groups in total. The Balaban J connectivity index is 1.58. The standard InChI is InChI=1S/C20H24N8OS/c1-13-20(8-4-3-5-9-20)28-17(27(2)26-13)10-14-11-23-19(25-18(14)28)24-15-6-7-16(22-12-15)30(21)29/h6-7,10-12H,3-5,8-9,21H2,1-2H3,(H,23,24,25). The highest BCUT2D eigenvalue weighted by Gasteiger charge is 2.42. The van der Waals surface area contributed by atoms with Crippen LogP contribution in [0.3, 0.4) is 0 Å². The van der Waals surface area contributed by atoms with Crippen molar-refractivity contribution >= 4 is 45.2 Å². The van der Waals surface area contributed by atoms with Crippen LogP contribution in [-0.2, 0) is 16.5 Å². The van der Waals surface area contributed by atoms with E-state index in [-0.39, 0.29) is 5.54 Å². The summed E-state index contributed by atoms with van der Waals surface area (Å²) in [6, 6.07) is 5.50. The molecule has 1 aliphatic heterocycles. The molecule has 0 aromatic carbocycles. The fraction of sp³-hybridized carbons (Fsp3) is 0.400. The van der Waals surface area contributed by atoms with Crippen molar-refractivity contribution in [3.8, 4) is 0 Å². The summed E-state index contributed by atoms with van der Waals surface area (Å²) in [5.74, 6) is 1.53. The summed E-state index contributed by atoms with van der Waals surface area (Å²) in [6.07, 6.45) is 9.19. The summed E-state index contributed by atoms with van der Waals surface area (Å²) in [5, 5.41) is 16.6. The first-order valence-corrected chi connectivity index (χ1v) is 11.3. The monoisotopic (exact) mass is 424 g/mol. The fourth-order valence-corrected chi connectivity index (χ4v) is 5.01. The number of aromatic nitrogens is 4. The van der Waals surface area contributed by atoms with Gasteiger partial charge in [-0.1, -0.05) is 19.3 Å². The summed E-state index contributed by atoms with van der Waals surface area (Å²) < 4.78 is 13.7. The number of fused-ring (bicyclic) bond motifs is 4. The second-order valence-electron chi connectivity index (χ2n) is 7.92. The van der Waals surface area contributed by atoms with Crippen LogP contribution in [0.1, 0.15) is 39.0 Å². The Morgan fingerprint density at radius 3 is 2.67 bits per heavy atom. The lowest BCUT2D eigenvalue weighted by Crippen LogP contribution is -2.47. The molecule has 1 saturated carbocycles. The molecule has 10 heteroatoms. The first-order chi connectivity index (χ1) is 14.5. The van der Waals surface area contributed by atoms with Crippen LogP contribution in [0, 0.1) is 0 Å². The number of anilines is 3. The highest BCUT2D eigenvalue weighted by molar-refractivity contribution is 7.82. The van der Waals surface area contributed by atoms with Crippen LogP contribution in [-0.4, -0.2) is 36.5 Å². The van der Waals surface area contributed by atoms with Gasteiger partial charge in [-0.3, -0.25) is 9.58 Å². The minimum atomic E-state index is -1.60. The Bertz CT molecular complexity index is 1160. The van der Waals surface area contributed by atoms with Crippen molar-refractivity contribution in [3.05, 3.63) is 30.6 Å². The minimum Gasteiger partial charge on any atom is -0.323 e. The smallest absolute Gasteiger partial charge is 0.229 e. The van der Waals surface area contributed by atoms with E-state index in [0.717, 1.165) is 35.4 Å². The van der Waals surface area contributed by atoms with Crippen molar-refractivity contribution in [1.82, 2.24) is 19.5 Å². The van der Waals surface area contributed by atoms with Gasteiger partial charge in [-0.05, 0) is 38.0 Å². The van der Waals surface area contributed by atoms with E-state index in [1.54, 1.807) is 18.3 Å². The van der Waals surface area contributed by atoms with Crippen LogP contribution in [0.5, 0.6) is 0 Å². The summed E-state index contributed by atoms with van der Waals surface area (Å²) in [5.41, 5.74) is 2.62. The maximum Gasteiger partial charge on any atom is 0.229 e. The largest absolute Gasteiger partial charge is 0.323 e. The van der Waals surface area contributed by atoms with Crippen LogP contribution in [0.25, 0.3) is 11.0 Å². The van der Waals surface area contributed by atoms with Crippen molar-refractivity contribution in [3.63, 3.8) is 0 Å². The molecule has 3 aromatic rings. The zero-order valence-corrected chi connectivity index (χ0v) is 17.8.